The number of amides is 1. The molecule has 0 spiro atoms. The topological polar surface area (TPSA) is 75.3 Å². The van der Waals surface area contributed by atoms with Crippen LogP contribution in [0.5, 0.6) is 0 Å². The predicted octanol–water partition coefficient (Wildman–Crippen LogP) is 1.53. The van der Waals surface area contributed by atoms with Gasteiger partial charge in [-0.2, -0.15) is 0 Å². The Labute approximate surface area is 124 Å². The molecule has 7 heteroatoms. The molecular formula is C13H19ClN2O3S. The van der Waals surface area contributed by atoms with Crippen molar-refractivity contribution < 1.29 is 13.2 Å². The van der Waals surface area contributed by atoms with Gasteiger partial charge in [-0.3, -0.25) is 4.79 Å². The second-order valence-corrected chi connectivity index (χ2v) is 7.15. The first-order valence-corrected chi connectivity index (χ1v) is 8.30. The SMILES string of the molecule is CC(C)CNC(=O)CNS(=O)(=O)Cc1cccc(Cl)c1. The van der Waals surface area contributed by atoms with Crippen molar-refractivity contribution in [1.82, 2.24) is 10.0 Å². The van der Waals surface area contributed by atoms with Gasteiger partial charge in [-0.1, -0.05) is 37.6 Å². The van der Waals surface area contributed by atoms with Gasteiger partial charge in [-0.15, -0.1) is 0 Å². The summed E-state index contributed by atoms with van der Waals surface area (Å²) < 4.78 is 25.9. The Hall–Kier alpha value is -1.11. The molecule has 0 aliphatic heterocycles. The first kappa shape index (κ1) is 16.9. The highest BCUT2D eigenvalue weighted by atomic mass is 35.5. The average Bonchev–Trinajstić information content (AvgIpc) is 2.33. The molecule has 5 nitrogen and oxygen atoms in total. The van der Waals surface area contributed by atoms with E-state index in [4.69, 9.17) is 11.6 Å². The van der Waals surface area contributed by atoms with Crippen LogP contribution in [0.3, 0.4) is 0 Å². The van der Waals surface area contributed by atoms with Crippen molar-refractivity contribution in [3.8, 4) is 0 Å². The minimum absolute atomic E-state index is 0.203. The largest absolute Gasteiger partial charge is 0.355 e. The van der Waals surface area contributed by atoms with E-state index in [0.29, 0.717) is 23.0 Å². The summed E-state index contributed by atoms with van der Waals surface area (Å²) in [5.41, 5.74) is 0.576. The molecule has 0 saturated heterocycles. The predicted molar refractivity (Wildman–Crippen MR) is 79.9 cm³/mol. The van der Waals surface area contributed by atoms with Crippen LogP contribution in [0.4, 0.5) is 0 Å². The van der Waals surface area contributed by atoms with E-state index in [1.807, 2.05) is 13.8 Å². The zero-order chi connectivity index (χ0) is 15.2. The Balaban J connectivity index is 2.48. The molecule has 0 unspecified atom stereocenters. The molecule has 0 fully saturated rings. The standard InChI is InChI=1S/C13H19ClN2O3S/c1-10(2)7-15-13(17)8-16-20(18,19)9-11-4-3-5-12(14)6-11/h3-6,10,16H,7-9H2,1-2H3,(H,15,17). The third-order valence-electron chi connectivity index (χ3n) is 2.41. The number of nitrogens with one attached hydrogen (secondary N) is 2. The zero-order valence-electron chi connectivity index (χ0n) is 11.5. The summed E-state index contributed by atoms with van der Waals surface area (Å²) in [6, 6.07) is 6.61. The molecule has 1 rings (SSSR count). The van der Waals surface area contributed by atoms with Crippen molar-refractivity contribution >= 4 is 27.5 Å². The van der Waals surface area contributed by atoms with Crippen molar-refractivity contribution in [3.05, 3.63) is 34.9 Å². The molecule has 1 aromatic rings. The highest BCUT2D eigenvalue weighted by Crippen LogP contribution is 2.12. The second-order valence-electron chi connectivity index (χ2n) is 4.91. The van der Waals surface area contributed by atoms with E-state index in [1.165, 1.54) is 0 Å². The average molecular weight is 319 g/mol. The van der Waals surface area contributed by atoms with Gasteiger partial charge < -0.3 is 5.32 Å². The quantitative estimate of drug-likeness (QED) is 0.800. The van der Waals surface area contributed by atoms with Gasteiger partial charge in [0.25, 0.3) is 0 Å². The monoisotopic (exact) mass is 318 g/mol. The Morgan fingerprint density at radius 1 is 1.35 bits per heavy atom. The summed E-state index contributed by atoms with van der Waals surface area (Å²) in [5.74, 6) is -0.222. The third kappa shape index (κ3) is 6.88. The lowest BCUT2D eigenvalue weighted by Crippen LogP contribution is -2.38. The van der Waals surface area contributed by atoms with Crippen LogP contribution in [0.15, 0.2) is 24.3 Å². The maximum absolute atomic E-state index is 11.8. The maximum atomic E-state index is 11.8. The van der Waals surface area contributed by atoms with Crippen molar-refractivity contribution in [2.45, 2.75) is 19.6 Å². The molecular weight excluding hydrogens is 300 g/mol. The Morgan fingerprint density at radius 3 is 2.65 bits per heavy atom. The molecule has 112 valence electrons. The van der Waals surface area contributed by atoms with Crippen LogP contribution >= 0.6 is 11.6 Å². The Bertz CT molecular complexity index is 558. The molecule has 0 aromatic heterocycles. The molecule has 1 amide bonds. The summed E-state index contributed by atoms with van der Waals surface area (Å²) in [7, 11) is -3.55. The number of benzene rings is 1. The summed E-state index contributed by atoms with van der Waals surface area (Å²) in [4.78, 5) is 11.4. The summed E-state index contributed by atoms with van der Waals surface area (Å²) in [5, 5.41) is 3.12. The van der Waals surface area contributed by atoms with Crippen LogP contribution < -0.4 is 10.0 Å². The highest BCUT2D eigenvalue weighted by Gasteiger charge is 2.13. The zero-order valence-corrected chi connectivity index (χ0v) is 13.1. The van der Waals surface area contributed by atoms with Crippen LogP contribution in [0, 0.1) is 5.92 Å². The van der Waals surface area contributed by atoms with Gasteiger partial charge >= 0.3 is 0 Å². The fourth-order valence-corrected chi connectivity index (χ4v) is 2.74. The molecule has 0 atom stereocenters. The molecule has 0 bridgehead atoms. The van der Waals surface area contributed by atoms with E-state index < -0.39 is 10.0 Å². The summed E-state index contributed by atoms with van der Waals surface area (Å²) in [6.45, 7) is 4.19. The van der Waals surface area contributed by atoms with Crippen LogP contribution in [-0.2, 0) is 20.6 Å². The molecule has 2 N–H and O–H groups in total. The van der Waals surface area contributed by atoms with E-state index >= 15 is 0 Å². The summed E-state index contributed by atoms with van der Waals surface area (Å²) >= 11 is 5.79. The van der Waals surface area contributed by atoms with Crippen LogP contribution in [-0.4, -0.2) is 27.4 Å². The number of rotatable bonds is 7. The van der Waals surface area contributed by atoms with Crippen LogP contribution in [0.1, 0.15) is 19.4 Å². The molecule has 1 aromatic carbocycles. The van der Waals surface area contributed by atoms with E-state index in [-0.39, 0.29) is 18.2 Å². The summed E-state index contributed by atoms with van der Waals surface area (Å²) in [6.07, 6.45) is 0. The normalized spacial score (nSPS) is 11.6. The third-order valence-corrected chi connectivity index (χ3v) is 3.94. The molecule has 20 heavy (non-hydrogen) atoms. The first-order chi connectivity index (χ1) is 9.28. The molecule has 0 aliphatic rings. The number of hydrogen-bond donors (Lipinski definition) is 2. The van der Waals surface area contributed by atoms with E-state index in [2.05, 4.69) is 10.0 Å². The van der Waals surface area contributed by atoms with Gasteiger partial charge in [0, 0.05) is 11.6 Å². The van der Waals surface area contributed by atoms with Gasteiger partial charge in [-0.25, -0.2) is 13.1 Å². The van der Waals surface area contributed by atoms with Gasteiger partial charge in [0.1, 0.15) is 0 Å². The maximum Gasteiger partial charge on any atom is 0.235 e. The van der Waals surface area contributed by atoms with Crippen molar-refractivity contribution in [3.63, 3.8) is 0 Å². The molecule has 0 heterocycles. The van der Waals surface area contributed by atoms with Crippen molar-refractivity contribution in [2.75, 3.05) is 13.1 Å². The van der Waals surface area contributed by atoms with Gasteiger partial charge in [0.2, 0.25) is 15.9 Å². The molecule has 0 saturated carbocycles. The van der Waals surface area contributed by atoms with E-state index in [0.717, 1.165) is 0 Å². The van der Waals surface area contributed by atoms with E-state index in [1.54, 1.807) is 24.3 Å². The van der Waals surface area contributed by atoms with Crippen molar-refractivity contribution in [1.29, 1.82) is 0 Å². The number of hydrogen-bond acceptors (Lipinski definition) is 3. The number of sulfonamides is 1. The molecule has 0 aliphatic carbocycles. The Kier molecular flexibility index (Phi) is 6.45. The second kappa shape index (κ2) is 7.61. The van der Waals surface area contributed by atoms with Crippen LogP contribution in [0.25, 0.3) is 0 Å². The number of carbonyl (C=O) groups is 1. The van der Waals surface area contributed by atoms with Gasteiger partial charge in [0.05, 0.1) is 12.3 Å². The minimum atomic E-state index is -3.55. The van der Waals surface area contributed by atoms with E-state index in [9.17, 15) is 13.2 Å². The molecule has 0 radical (unpaired) electrons. The smallest absolute Gasteiger partial charge is 0.235 e. The lowest BCUT2D eigenvalue weighted by atomic mass is 10.2. The highest BCUT2D eigenvalue weighted by molar-refractivity contribution is 7.88. The van der Waals surface area contributed by atoms with Gasteiger partial charge in [-0.05, 0) is 23.6 Å². The minimum Gasteiger partial charge on any atom is -0.355 e. The van der Waals surface area contributed by atoms with Crippen LogP contribution in [0.2, 0.25) is 5.02 Å². The fraction of sp³-hybridized carbons (Fsp3) is 0.462. The lowest BCUT2D eigenvalue weighted by molar-refractivity contribution is -0.120. The van der Waals surface area contributed by atoms with Gasteiger partial charge in [0.15, 0.2) is 0 Å². The number of halogens is 1. The van der Waals surface area contributed by atoms with Crippen molar-refractivity contribution in [2.24, 2.45) is 5.92 Å². The fourth-order valence-electron chi connectivity index (χ4n) is 1.45. The lowest BCUT2D eigenvalue weighted by Gasteiger charge is -2.09. The number of carbonyl (C=O) groups excluding carboxylic acids is 1. The Morgan fingerprint density at radius 2 is 2.05 bits per heavy atom. The first-order valence-electron chi connectivity index (χ1n) is 6.27.